The SMILES string of the molecule is CC(=O)OC[C@@H]1O[C@@H]2[C@H](Oc3nc(=O)ccn32)[C@@H]1O. The Morgan fingerprint density at radius 1 is 1.63 bits per heavy atom. The number of ether oxygens (including phenoxy) is 3. The Morgan fingerprint density at radius 2 is 2.42 bits per heavy atom. The lowest BCUT2D eigenvalue weighted by Gasteiger charge is -2.16. The van der Waals surface area contributed by atoms with Crippen molar-refractivity contribution in [2.75, 3.05) is 6.61 Å². The van der Waals surface area contributed by atoms with E-state index >= 15 is 0 Å². The first-order valence-electron chi connectivity index (χ1n) is 5.79. The van der Waals surface area contributed by atoms with E-state index in [0.29, 0.717) is 0 Å². The van der Waals surface area contributed by atoms with Gasteiger partial charge in [-0.15, -0.1) is 0 Å². The number of carbonyl (C=O) groups is 1. The van der Waals surface area contributed by atoms with Crippen LogP contribution in [0.4, 0.5) is 0 Å². The first kappa shape index (κ1) is 12.1. The third-order valence-corrected chi connectivity index (χ3v) is 3.08. The quantitative estimate of drug-likeness (QED) is 0.674. The molecule has 0 aromatic carbocycles. The van der Waals surface area contributed by atoms with Crippen molar-refractivity contribution in [3.8, 4) is 6.01 Å². The summed E-state index contributed by atoms with van der Waals surface area (Å²) in [6.45, 7) is 1.23. The first-order valence-corrected chi connectivity index (χ1v) is 5.79. The van der Waals surface area contributed by atoms with Crippen molar-refractivity contribution in [2.45, 2.75) is 31.5 Å². The maximum absolute atomic E-state index is 11.1. The number of nitrogens with zero attached hydrogens (tertiary/aromatic N) is 2. The van der Waals surface area contributed by atoms with Gasteiger partial charge in [-0.05, 0) is 0 Å². The van der Waals surface area contributed by atoms with Crippen LogP contribution in [0.15, 0.2) is 17.1 Å². The van der Waals surface area contributed by atoms with Crippen LogP contribution in [0.1, 0.15) is 13.2 Å². The van der Waals surface area contributed by atoms with Crippen molar-refractivity contribution in [3.63, 3.8) is 0 Å². The summed E-state index contributed by atoms with van der Waals surface area (Å²) in [6.07, 6.45) is -1.35. The van der Waals surface area contributed by atoms with Gasteiger partial charge in [0.25, 0.3) is 5.56 Å². The van der Waals surface area contributed by atoms with E-state index < -0.39 is 36.1 Å². The third kappa shape index (κ3) is 1.98. The Kier molecular flexibility index (Phi) is 2.76. The van der Waals surface area contributed by atoms with E-state index in [4.69, 9.17) is 14.2 Å². The number of fused-ring (bicyclic) bond motifs is 3. The average molecular weight is 268 g/mol. The highest BCUT2D eigenvalue weighted by molar-refractivity contribution is 5.65. The Balaban J connectivity index is 1.79. The second-order valence-electron chi connectivity index (χ2n) is 4.40. The molecule has 1 saturated heterocycles. The average Bonchev–Trinajstić information content (AvgIpc) is 2.84. The smallest absolute Gasteiger partial charge is 0.302 e. The maximum atomic E-state index is 11.1. The summed E-state index contributed by atoms with van der Waals surface area (Å²) in [6, 6.07) is 1.40. The van der Waals surface area contributed by atoms with Gasteiger partial charge in [-0.3, -0.25) is 14.2 Å². The van der Waals surface area contributed by atoms with Crippen molar-refractivity contribution >= 4 is 5.97 Å². The number of aliphatic hydroxyl groups excluding tert-OH is 1. The van der Waals surface area contributed by atoms with E-state index in [1.807, 2.05) is 0 Å². The zero-order chi connectivity index (χ0) is 13.6. The largest absolute Gasteiger partial charge is 0.463 e. The van der Waals surface area contributed by atoms with Gasteiger partial charge in [0.05, 0.1) is 0 Å². The number of esters is 1. The fraction of sp³-hybridized carbons (Fsp3) is 0.545. The zero-order valence-electron chi connectivity index (χ0n) is 10.1. The first-order chi connectivity index (χ1) is 9.06. The summed E-state index contributed by atoms with van der Waals surface area (Å²) in [5.74, 6) is -0.445. The van der Waals surface area contributed by atoms with Crippen LogP contribution >= 0.6 is 0 Å². The van der Waals surface area contributed by atoms with Crippen LogP contribution in [-0.2, 0) is 14.3 Å². The van der Waals surface area contributed by atoms with Gasteiger partial charge in [0, 0.05) is 19.2 Å². The maximum Gasteiger partial charge on any atom is 0.302 e. The van der Waals surface area contributed by atoms with E-state index in [9.17, 15) is 14.7 Å². The number of aliphatic hydroxyl groups is 1. The van der Waals surface area contributed by atoms with Gasteiger partial charge in [-0.1, -0.05) is 0 Å². The predicted molar refractivity (Wildman–Crippen MR) is 59.5 cm³/mol. The molecule has 4 atom stereocenters. The molecule has 1 aromatic rings. The fourth-order valence-electron chi connectivity index (χ4n) is 2.21. The Morgan fingerprint density at radius 3 is 3.16 bits per heavy atom. The highest BCUT2D eigenvalue weighted by atomic mass is 16.6. The van der Waals surface area contributed by atoms with Crippen molar-refractivity contribution in [1.29, 1.82) is 0 Å². The van der Waals surface area contributed by atoms with Crippen LogP contribution in [0.25, 0.3) is 0 Å². The molecular formula is C11H12N2O6. The standard InChI is InChI=1S/C11H12N2O6/c1-5(14)17-4-6-8(16)9-10(18-6)13-3-2-7(15)12-11(13)19-9/h2-3,6,8-10,16H,4H2,1H3/t6-,8+,9+,10+/m0/s1. The van der Waals surface area contributed by atoms with Crippen LogP contribution in [0, 0.1) is 0 Å². The fourth-order valence-corrected chi connectivity index (χ4v) is 2.21. The molecule has 3 heterocycles. The molecule has 3 rings (SSSR count). The molecule has 19 heavy (non-hydrogen) atoms. The van der Waals surface area contributed by atoms with Crippen LogP contribution in [0.2, 0.25) is 0 Å². The van der Waals surface area contributed by atoms with E-state index in [2.05, 4.69) is 4.98 Å². The number of rotatable bonds is 2. The van der Waals surface area contributed by atoms with E-state index in [0.717, 1.165) is 0 Å². The molecule has 0 unspecified atom stereocenters. The second-order valence-corrected chi connectivity index (χ2v) is 4.40. The molecule has 0 radical (unpaired) electrons. The Labute approximate surface area is 107 Å². The van der Waals surface area contributed by atoms with Crippen molar-refractivity contribution in [2.24, 2.45) is 0 Å². The predicted octanol–water partition coefficient (Wildman–Crippen LogP) is -1.17. The minimum atomic E-state index is -0.957. The number of aromatic nitrogens is 2. The normalized spacial score (nSPS) is 31.5. The van der Waals surface area contributed by atoms with E-state index in [1.165, 1.54) is 23.8 Å². The molecule has 2 aliphatic heterocycles. The summed E-state index contributed by atoms with van der Waals surface area (Å²) < 4.78 is 17.3. The van der Waals surface area contributed by atoms with Crippen LogP contribution in [0.3, 0.4) is 0 Å². The highest BCUT2D eigenvalue weighted by Crippen LogP contribution is 2.38. The van der Waals surface area contributed by atoms with Gasteiger partial charge < -0.3 is 19.3 Å². The highest BCUT2D eigenvalue weighted by Gasteiger charge is 2.51. The summed E-state index contributed by atoms with van der Waals surface area (Å²) in [4.78, 5) is 25.5. The lowest BCUT2D eigenvalue weighted by molar-refractivity contribution is -0.147. The number of hydrogen-bond acceptors (Lipinski definition) is 7. The minimum Gasteiger partial charge on any atom is -0.463 e. The molecule has 8 heteroatoms. The van der Waals surface area contributed by atoms with E-state index in [1.54, 1.807) is 0 Å². The van der Waals surface area contributed by atoms with Gasteiger partial charge in [-0.25, -0.2) is 0 Å². The topological polar surface area (TPSA) is 99.9 Å². The summed E-state index contributed by atoms with van der Waals surface area (Å²) in [5.41, 5.74) is -0.419. The summed E-state index contributed by atoms with van der Waals surface area (Å²) in [5, 5.41) is 10.1. The molecule has 0 amide bonds. The molecule has 0 saturated carbocycles. The molecule has 8 nitrogen and oxygen atoms in total. The van der Waals surface area contributed by atoms with Gasteiger partial charge in [0.1, 0.15) is 18.8 Å². The lowest BCUT2D eigenvalue weighted by atomic mass is 10.1. The monoisotopic (exact) mass is 268 g/mol. The zero-order valence-corrected chi connectivity index (χ0v) is 10.1. The molecule has 0 spiro atoms. The second kappa shape index (κ2) is 4.32. The van der Waals surface area contributed by atoms with Crippen LogP contribution in [-0.4, -0.2) is 45.5 Å². The van der Waals surface area contributed by atoms with Gasteiger partial charge >= 0.3 is 12.0 Å². The van der Waals surface area contributed by atoms with Crippen molar-refractivity contribution in [3.05, 3.63) is 22.6 Å². The van der Waals surface area contributed by atoms with Crippen LogP contribution < -0.4 is 10.3 Å². The molecule has 102 valence electrons. The Bertz CT molecular complexity index is 571. The van der Waals surface area contributed by atoms with Crippen molar-refractivity contribution in [1.82, 2.24) is 9.55 Å². The number of hydrogen-bond donors (Lipinski definition) is 1. The van der Waals surface area contributed by atoms with Crippen LogP contribution in [0.5, 0.6) is 6.01 Å². The molecule has 0 bridgehead atoms. The molecular weight excluding hydrogens is 256 g/mol. The van der Waals surface area contributed by atoms with Gasteiger partial charge in [-0.2, -0.15) is 4.98 Å². The molecule has 1 N–H and O–H groups in total. The molecule has 0 aliphatic carbocycles. The third-order valence-electron chi connectivity index (χ3n) is 3.08. The summed E-state index contributed by atoms with van der Waals surface area (Å²) in [7, 11) is 0. The molecule has 2 aliphatic rings. The summed E-state index contributed by atoms with van der Waals surface area (Å²) >= 11 is 0. The lowest BCUT2D eigenvalue weighted by Crippen LogP contribution is -2.36. The number of carbonyl (C=O) groups excluding carboxylic acids is 1. The minimum absolute atomic E-state index is 0.0458. The molecule has 1 fully saturated rings. The van der Waals surface area contributed by atoms with Crippen molar-refractivity contribution < 1.29 is 24.1 Å². The molecule has 1 aromatic heterocycles. The Hall–Kier alpha value is -1.93. The van der Waals surface area contributed by atoms with Gasteiger partial charge in [0.15, 0.2) is 12.3 Å². The van der Waals surface area contributed by atoms with Gasteiger partial charge in [0.2, 0.25) is 0 Å². The van der Waals surface area contributed by atoms with E-state index in [-0.39, 0.29) is 12.6 Å².